The van der Waals surface area contributed by atoms with E-state index in [-0.39, 0.29) is 18.9 Å². The third-order valence-electron chi connectivity index (χ3n) is 7.94. The number of ether oxygens (including phenoxy) is 2. The second-order valence-corrected chi connectivity index (χ2v) is 9.19. The van der Waals surface area contributed by atoms with Crippen molar-refractivity contribution in [3.05, 3.63) is 23.3 Å². The van der Waals surface area contributed by atoms with Gasteiger partial charge in [-0.15, -0.1) is 0 Å². The van der Waals surface area contributed by atoms with Crippen molar-refractivity contribution in [2.75, 3.05) is 20.2 Å². The fourth-order valence-corrected chi connectivity index (χ4v) is 6.56. The number of piperidine rings is 1. The van der Waals surface area contributed by atoms with E-state index in [2.05, 4.69) is 4.90 Å². The van der Waals surface area contributed by atoms with Gasteiger partial charge in [0.15, 0.2) is 17.6 Å². The summed E-state index contributed by atoms with van der Waals surface area (Å²) in [5.41, 5.74) is -0.356. The number of halogens is 2. The van der Waals surface area contributed by atoms with Gasteiger partial charge >= 0.3 is 0 Å². The summed E-state index contributed by atoms with van der Waals surface area (Å²) in [6, 6.07) is 3.71. The SMILES string of the molecule is COc1ccc2c3c1O[C@@H]1C(F)(F)CC[C@]4(O)[C@H](C2)N(CC2CC2)CC[C@@]314. The molecule has 0 amide bonds. The van der Waals surface area contributed by atoms with Gasteiger partial charge in [0.25, 0.3) is 5.92 Å². The van der Waals surface area contributed by atoms with Crippen LogP contribution in [0.15, 0.2) is 12.1 Å². The topological polar surface area (TPSA) is 41.9 Å². The molecular formula is C21H25F2NO3. The lowest BCUT2D eigenvalue weighted by atomic mass is 9.48. The third-order valence-corrected chi connectivity index (χ3v) is 7.94. The molecule has 2 aliphatic heterocycles. The van der Waals surface area contributed by atoms with Gasteiger partial charge in [-0.3, -0.25) is 4.90 Å². The van der Waals surface area contributed by atoms with Crippen LogP contribution < -0.4 is 9.47 Å². The summed E-state index contributed by atoms with van der Waals surface area (Å²) in [5, 5.41) is 12.0. The van der Waals surface area contributed by atoms with Crippen LogP contribution in [0.3, 0.4) is 0 Å². The fraction of sp³-hybridized carbons (Fsp3) is 0.714. The highest BCUT2D eigenvalue weighted by Crippen LogP contribution is 2.68. The van der Waals surface area contributed by atoms with Crippen molar-refractivity contribution >= 4 is 0 Å². The number of nitrogens with zero attached hydrogens (tertiary/aromatic N) is 1. The largest absolute Gasteiger partial charge is 0.493 e. The van der Waals surface area contributed by atoms with Crippen LogP contribution in [0.25, 0.3) is 0 Å². The zero-order valence-electron chi connectivity index (χ0n) is 15.5. The summed E-state index contributed by atoms with van der Waals surface area (Å²) in [4.78, 5) is 2.38. The van der Waals surface area contributed by atoms with Crippen molar-refractivity contribution in [2.45, 2.75) is 67.6 Å². The second-order valence-electron chi connectivity index (χ2n) is 9.19. The van der Waals surface area contributed by atoms with E-state index < -0.39 is 23.0 Å². The van der Waals surface area contributed by atoms with E-state index >= 15 is 8.78 Å². The number of hydrogen-bond acceptors (Lipinski definition) is 4. The second kappa shape index (κ2) is 4.95. The van der Waals surface area contributed by atoms with E-state index in [1.54, 1.807) is 0 Å². The number of aliphatic hydroxyl groups is 1. The highest BCUT2D eigenvalue weighted by Gasteiger charge is 2.77. The molecule has 5 aliphatic rings. The van der Waals surface area contributed by atoms with Crippen LogP contribution in [0.4, 0.5) is 8.78 Å². The monoisotopic (exact) mass is 377 g/mol. The predicted octanol–water partition coefficient (Wildman–Crippen LogP) is 2.89. The van der Waals surface area contributed by atoms with Crippen molar-refractivity contribution in [2.24, 2.45) is 5.92 Å². The molecule has 1 aromatic carbocycles. The number of benzene rings is 1. The minimum Gasteiger partial charge on any atom is -0.493 e. The molecule has 146 valence electrons. The number of methoxy groups -OCH3 is 1. The first-order valence-corrected chi connectivity index (χ1v) is 10.1. The smallest absolute Gasteiger partial charge is 0.285 e. The molecule has 0 unspecified atom stereocenters. The Hall–Kier alpha value is -1.40. The maximum absolute atomic E-state index is 15.1. The van der Waals surface area contributed by atoms with Crippen molar-refractivity contribution < 1.29 is 23.4 Å². The molecule has 2 heterocycles. The lowest BCUT2D eigenvalue weighted by molar-refractivity contribution is -0.248. The van der Waals surface area contributed by atoms with Gasteiger partial charge < -0.3 is 14.6 Å². The molecule has 4 atom stereocenters. The molecule has 1 saturated heterocycles. The summed E-state index contributed by atoms with van der Waals surface area (Å²) in [6.45, 7) is 1.72. The van der Waals surface area contributed by atoms with Gasteiger partial charge in [0, 0.05) is 24.6 Å². The molecule has 1 spiro atoms. The first-order chi connectivity index (χ1) is 12.9. The molecule has 1 N–H and O–H groups in total. The molecule has 3 fully saturated rings. The Kier molecular flexibility index (Phi) is 3.03. The Morgan fingerprint density at radius 1 is 1.26 bits per heavy atom. The van der Waals surface area contributed by atoms with Gasteiger partial charge in [-0.25, -0.2) is 8.78 Å². The molecule has 1 aromatic rings. The van der Waals surface area contributed by atoms with Gasteiger partial charge in [-0.05, 0) is 56.2 Å². The summed E-state index contributed by atoms with van der Waals surface area (Å²) in [7, 11) is 1.54. The molecule has 6 heteroatoms. The zero-order valence-corrected chi connectivity index (χ0v) is 15.5. The van der Waals surface area contributed by atoms with Crippen LogP contribution >= 0.6 is 0 Å². The van der Waals surface area contributed by atoms with E-state index in [0.717, 1.165) is 24.2 Å². The molecule has 3 aliphatic carbocycles. The first-order valence-electron chi connectivity index (χ1n) is 10.1. The lowest BCUT2D eigenvalue weighted by Gasteiger charge is -2.64. The normalized spacial score (nSPS) is 41.0. The van der Waals surface area contributed by atoms with Crippen LogP contribution in [-0.2, 0) is 11.8 Å². The Balaban J connectivity index is 1.57. The van der Waals surface area contributed by atoms with Gasteiger partial charge in [0.1, 0.15) is 0 Å². The van der Waals surface area contributed by atoms with Crippen molar-refractivity contribution in [1.29, 1.82) is 0 Å². The van der Waals surface area contributed by atoms with Crippen LogP contribution in [0.5, 0.6) is 11.5 Å². The van der Waals surface area contributed by atoms with E-state index in [0.29, 0.717) is 30.3 Å². The van der Waals surface area contributed by atoms with Crippen molar-refractivity contribution in [3.8, 4) is 11.5 Å². The van der Waals surface area contributed by atoms with Crippen LogP contribution in [-0.4, -0.2) is 53.9 Å². The van der Waals surface area contributed by atoms with E-state index in [4.69, 9.17) is 9.47 Å². The Bertz CT molecular complexity index is 826. The molecule has 6 rings (SSSR count). The van der Waals surface area contributed by atoms with Gasteiger partial charge in [0.2, 0.25) is 0 Å². The lowest BCUT2D eigenvalue weighted by Crippen LogP contribution is -2.78. The molecule has 2 bridgehead atoms. The quantitative estimate of drug-likeness (QED) is 0.880. The summed E-state index contributed by atoms with van der Waals surface area (Å²) in [6.07, 6.45) is 2.19. The molecule has 27 heavy (non-hydrogen) atoms. The molecule has 0 aromatic heterocycles. The van der Waals surface area contributed by atoms with Crippen LogP contribution in [0.2, 0.25) is 0 Å². The summed E-state index contributed by atoms with van der Waals surface area (Å²) >= 11 is 0. The molecular weight excluding hydrogens is 352 g/mol. The van der Waals surface area contributed by atoms with E-state index in [1.807, 2.05) is 12.1 Å². The van der Waals surface area contributed by atoms with Gasteiger partial charge in [0.05, 0.1) is 18.1 Å². The van der Waals surface area contributed by atoms with Gasteiger partial charge in [-0.1, -0.05) is 6.07 Å². The Morgan fingerprint density at radius 3 is 2.81 bits per heavy atom. The van der Waals surface area contributed by atoms with E-state index in [1.165, 1.54) is 20.0 Å². The summed E-state index contributed by atoms with van der Waals surface area (Å²) < 4.78 is 41.5. The Morgan fingerprint density at radius 2 is 2.07 bits per heavy atom. The average molecular weight is 377 g/mol. The number of rotatable bonds is 3. The fourth-order valence-electron chi connectivity index (χ4n) is 6.56. The molecule has 2 saturated carbocycles. The van der Waals surface area contributed by atoms with E-state index in [9.17, 15) is 5.11 Å². The standard InChI is InChI=1S/C21H25F2NO3/c1-26-14-5-4-13-10-15-20(25)6-7-21(22,23)18-19(20,16(13)17(14)27-18)8-9-24(15)11-12-2-3-12/h4-5,12,15,18,25H,2-3,6-11H2,1H3/t15-,18-,19+,20-/m0/s1. The van der Waals surface area contributed by atoms with Crippen molar-refractivity contribution in [1.82, 2.24) is 4.90 Å². The average Bonchev–Trinajstić information content (AvgIpc) is 3.37. The minimum atomic E-state index is -2.95. The molecule has 4 nitrogen and oxygen atoms in total. The third kappa shape index (κ3) is 1.84. The highest BCUT2D eigenvalue weighted by atomic mass is 19.3. The minimum absolute atomic E-state index is 0.110. The van der Waals surface area contributed by atoms with Crippen molar-refractivity contribution in [3.63, 3.8) is 0 Å². The van der Waals surface area contributed by atoms with Crippen LogP contribution in [0.1, 0.15) is 43.2 Å². The summed E-state index contributed by atoms with van der Waals surface area (Å²) in [5.74, 6) is -1.31. The number of alkyl halides is 2. The number of hydrogen-bond donors (Lipinski definition) is 1. The zero-order chi connectivity index (χ0) is 18.6. The Labute approximate surface area is 157 Å². The first kappa shape index (κ1) is 16.5. The molecule has 0 radical (unpaired) electrons. The number of likely N-dealkylation sites (tertiary alicyclic amines) is 1. The highest BCUT2D eigenvalue weighted by molar-refractivity contribution is 5.63. The maximum atomic E-state index is 15.1. The van der Waals surface area contributed by atoms with Crippen LogP contribution in [0, 0.1) is 5.92 Å². The maximum Gasteiger partial charge on any atom is 0.285 e. The van der Waals surface area contributed by atoms with Gasteiger partial charge in [-0.2, -0.15) is 0 Å². The predicted molar refractivity (Wildman–Crippen MR) is 94.6 cm³/mol.